The van der Waals surface area contributed by atoms with Crippen LogP contribution in [-0.4, -0.2) is 40.5 Å². The second-order valence-electron chi connectivity index (χ2n) is 6.84. The lowest BCUT2D eigenvalue weighted by molar-refractivity contribution is -0.119. The average molecular weight is 330 g/mol. The summed E-state index contributed by atoms with van der Waals surface area (Å²) in [5, 5.41) is 5.95. The number of anilines is 1. The standard InChI is InChI=1S/C18H26N4O2/c1-13-9-10-19-16(12-13)21-17(23)15-8-5-11-22(15)18(24)20-14-6-3-2-4-7-14/h9-10,12,14-15H,2-8,11H2,1H3,(H,20,24)(H,19,21,23)/t15-/m0/s1. The molecule has 2 fully saturated rings. The number of nitrogens with zero attached hydrogens (tertiary/aromatic N) is 2. The summed E-state index contributed by atoms with van der Waals surface area (Å²) in [4.78, 5) is 31.0. The van der Waals surface area contributed by atoms with Gasteiger partial charge in [-0.15, -0.1) is 0 Å². The average Bonchev–Trinajstić information content (AvgIpc) is 3.06. The van der Waals surface area contributed by atoms with Gasteiger partial charge >= 0.3 is 6.03 Å². The van der Waals surface area contributed by atoms with E-state index in [0.717, 1.165) is 24.8 Å². The lowest BCUT2D eigenvalue weighted by Gasteiger charge is -2.29. The van der Waals surface area contributed by atoms with Gasteiger partial charge in [-0.2, -0.15) is 0 Å². The van der Waals surface area contributed by atoms with Crippen molar-refractivity contribution >= 4 is 17.8 Å². The number of aromatic nitrogens is 1. The van der Waals surface area contributed by atoms with Gasteiger partial charge in [-0.25, -0.2) is 9.78 Å². The third kappa shape index (κ3) is 4.04. The first-order valence-corrected chi connectivity index (χ1v) is 8.94. The van der Waals surface area contributed by atoms with Crippen LogP contribution in [0.5, 0.6) is 0 Å². The molecule has 3 rings (SSSR count). The largest absolute Gasteiger partial charge is 0.335 e. The van der Waals surface area contributed by atoms with Crippen molar-refractivity contribution in [3.8, 4) is 0 Å². The number of pyridine rings is 1. The van der Waals surface area contributed by atoms with Gasteiger partial charge in [-0.3, -0.25) is 4.79 Å². The van der Waals surface area contributed by atoms with Gasteiger partial charge in [0.2, 0.25) is 5.91 Å². The molecule has 1 saturated carbocycles. The highest BCUT2D eigenvalue weighted by atomic mass is 16.2. The van der Waals surface area contributed by atoms with Crippen LogP contribution in [0.4, 0.5) is 10.6 Å². The van der Waals surface area contributed by atoms with Crippen LogP contribution in [0.25, 0.3) is 0 Å². The van der Waals surface area contributed by atoms with Crippen molar-refractivity contribution in [2.45, 2.75) is 64.0 Å². The fourth-order valence-electron chi connectivity index (χ4n) is 3.60. The van der Waals surface area contributed by atoms with Crippen molar-refractivity contribution in [3.05, 3.63) is 23.9 Å². The zero-order chi connectivity index (χ0) is 16.9. The molecule has 2 aliphatic rings. The van der Waals surface area contributed by atoms with Crippen LogP contribution >= 0.6 is 0 Å². The monoisotopic (exact) mass is 330 g/mol. The van der Waals surface area contributed by atoms with Crippen molar-refractivity contribution in [2.75, 3.05) is 11.9 Å². The maximum Gasteiger partial charge on any atom is 0.318 e. The van der Waals surface area contributed by atoms with Crippen LogP contribution in [0.15, 0.2) is 18.3 Å². The van der Waals surface area contributed by atoms with E-state index in [9.17, 15) is 9.59 Å². The highest BCUT2D eigenvalue weighted by Gasteiger charge is 2.35. The normalized spacial score (nSPS) is 21.5. The minimum absolute atomic E-state index is 0.100. The Kier molecular flexibility index (Phi) is 5.33. The summed E-state index contributed by atoms with van der Waals surface area (Å²) in [7, 11) is 0. The van der Waals surface area contributed by atoms with E-state index in [-0.39, 0.29) is 18.0 Å². The summed E-state index contributed by atoms with van der Waals surface area (Å²) in [5.41, 5.74) is 1.04. The predicted molar refractivity (Wildman–Crippen MR) is 92.7 cm³/mol. The molecule has 24 heavy (non-hydrogen) atoms. The van der Waals surface area contributed by atoms with Crippen LogP contribution in [0.1, 0.15) is 50.5 Å². The van der Waals surface area contributed by atoms with Gasteiger partial charge in [0.25, 0.3) is 0 Å². The van der Waals surface area contributed by atoms with Gasteiger partial charge < -0.3 is 15.5 Å². The van der Waals surface area contributed by atoms with Crippen LogP contribution in [0, 0.1) is 6.92 Å². The summed E-state index contributed by atoms with van der Waals surface area (Å²) in [6.45, 7) is 2.59. The van der Waals surface area contributed by atoms with E-state index in [1.54, 1.807) is 11.1 Å². The van der Waals surface area contributed by atoms with Crippen molar-refractivity contribution in [1.29, 1.82) is 0 Å². The Morgan fingerprint density at radius 2 is 1.96 bits per heavy atom. The molecule has 1 aromatic rings. The maximum atomic E-state index is 12.6. The van der Waals surface area contributed by atoms with Gasteiger partial charge in [0.05, 0.1) is 0 Å². The quantitative estimate of drug-likeness (QED) is 0.895. The molecule has 6 nitrogen and oxygen atoms in total. The van der Waals surface area contributed by atoms with Crippen molar-refractivity contribution in [1.82, 2.24) is 15.2 Å². The number of carbonyl (C=O) groups excluding carboxylic acids is 2. The topological polar surface area (TPSA) is 74.3 Å². The molecule has 1 saturated heterocycles. The van der Waals surface area contributed by atoms with Crippen LogP contribution in [0.2, 0.25) is 0 Å². The van der Waals surface area contributed by atoms with Crippen LogP contribution < -0.4 is 10.6 Å². The number of carbonyl (C=O) groups is 2. The number of nitrogens with one attached hydrogen (secondary N) is 2. The molecule has 6 heteroatoms. The molecule has 1 atom stereocenters. The summed E-state index contributed by atoms with van der Waals surface area (Å²) in [6.07, 6.45) is 8.93. The van der Waals surface area contributed by atoms with Gasteiger partial charge in [-0.05, 0) is 50.3 Å². The number of amides is 3. The van der Waals surface area contributed by atoms with Crippen LogP contribution in [0.3, 0.4) is 0 Å². The fourth-order valence-corrected chi connectivity index (χ4v) is 3.60. The summed E-state index contributed by atoms with van der Waals surface area (Å²) in [6, 6.07) is 3.47. The Hall–Kier alpha value is -2.11. The zero-order valence-electron chi connectivity index (χ0n) is 14.3. The molecule has 1 aliphatic heterocycles. The molecule has 0 radical (unpaired) electrons. The zero-order valence-corrected chi connectivity index (χ0v) is 14.3. The van der Waals surface area contributed by atoms with E-state index in [1.165, 1.54) is 19.3 Å². The van der Waals surface area contributed by atoms with Gasteiger partial charge in [-0.1, -0.05) is 19.3 Å². The molecule has 0 bridgehead atoms. The van der Waals surface area contributed by atoms with Gasteiger partial charge in [0.15, 0.2) is 0 Å². The first-order valence-electron chi connectivity index (χ1n) is 8.94. The van der Waals surface area contributed by atoms with Crippen LogP contribution in [-0.2, 0) is 4.79 Å². The number of likely N-dealkylation sites (tertiary alicyclic amines) is 1. The minimum atomic E-state index is -0.407. The third-order valence-electron chi connectivity index (χ3n) is 4.92. The van der Waals surface area contributed by atoms with Gasteiger partial charge in [0.1, 0.15) is 11.9 Å². The molecule has 130 valence electrons. The Balaban J connectivity index is 1.59. The van der Waals surface area contributed by atoms with E-state index in [1.807, 2.05) is 19.1 Å². The van der Waals surface area contributed by atoms with E-state index < -0.39 is 6.04 Å². The Morgan fingerprint density at radius 3 is 2.71 bits per heavy atom. The molecule has 0 aromatic carbocycles. The first-order chi connectivity index (χ1) is 11.6. The second kappa shape index (κ2) is 7.64. The highest BCUT2D eigenvalue weighted by Crippen LogP contribution is 2.21. The highest BCUT2D eigenvalue weighted by molar-refractivity contribution is 5.96. The van der Waals surface area contributed by atoms with Gasteiger partial charge in [0, 0.05) is 18.8 Å². The summed E-state index contributed by atoms with van der Waals surface area (Å²) in [5.74, 6) is 0.393. The Bertz CT molecular complexity index is 598. The number of rotatable bonds is 3. The molecule has 3 amide bonds. The Morgan fingerprint density at radius 1 is 1.17 bits per heavy atom. The number of hydrogen-bond acceptors (Lipinski definition) is 3. The SMILES string of the molecule is Cc1ccnc(NC(=O)[C@@H]2CCCN2C(=O)NC2CCCCC2)c1. The summed E-state index contributed by atoms with van der Waals surface area (Å²) < 4.78 is 0. The molecule has 1 aliphatic carbocycles. The second-order valence-corrected chi connectivity index (χ2v) is 6.84. The molecule has 2 heterocycles. The summed E-state index contributed by atoms with van der Waals surface area (Å²) >= 11 is 0. The van der Waals surface area contributed by atoms with E-state index in [4.69, 9.17) is 0 Å². The van der Waals surface area contributed by atoms with Crippen molar-refractivity contribution in [2.24, 2.45) is 0 Å². The third-order valence-corrected chi connectivity index (χ3v) is 4.92. The smallest absolute Gasteiger partial charge is 0.318 e. The van der Waals surface area contributed by atoms with E-state index >= 15 is 0 Å². The number of hydrogen-bond donors (Lipinski definition) is 2. The number of urea groups is 1. The molecular formula is C18H26N4O2. The Labute approximate surface area is 143 Å². The lowest BCUT2D eigenvalue weighted by atomic mass is 9.96. The fraction of sp³-hybridized carbons (Fsp3) is 0.611. The molecule has 0 unspecified atom stereocenters. The van der Waals surface area contributed by atoms with E-state index in [0.29, 0.717) is 18.8 Å². The maximum absolute atomic E-state index is 12.6. The van der Waals surface area contributed by atoms with Crippen molar-refractivity contribution in [3.63, 3.8) is 0 Å². The van der Waals surface area contributed by atoms with E-state index in [2.05, 4.69) is 15.6 Å². The predicted octanol–water partition coefficient (Wildman–Crippen LogP) is 2.84. The molecular weight excluding hydrogens is 304 g/mol. The molecule has 1 aromatic heterocycles. The molecule has 0 spiro atoms. The number of aryl methyl sites for hydroxylation is 1. The minimum Gasteiger partial charge on any atom is -0.335 e. The lowest BCUT2D eigenvalue weighted by Crippen LogP contribution is -2.50. The van der Waals surface area contributed by atoms with Crippen molar-refractivity contribution < 1.29 is 9.59 Å². The first kappa shape index (κ1) is 16.7. The molecule has 2 N–H and O–H groups in total.